The van der Waals surface area contributed by atoms with E-state index in [9.17, 15) is 22.0 Å². The van der Waals surface area contributed by atoms with Gasteiger partial charge in [-0.3, -0.25) is 4.72 Å². The van der Waals surface area contributed by atoms with Gasteiger partial charge in [0.25, 0.3) is 10.0 Å². The van der Waals surface area contributed by atoms with Crippen LogP contribution in [0.2, 0.25) is 5.02 Å². The molecule has 0 aliphatic rings. The molecule has 0 saturated carbocycles. The van der Waals surface area contributed by atoms with Crippen LogP contribution in [-0.4, -0.2) is 21.5 Å². The van der Waals surface area contributed by atoms with Crippen LogP contribution in [0.4, 0.5) is 14.5 Å². The molecule has 24 heavy (non-hydrogen) atoms. The summed E-state index contributed by atoms with van der Waals surface area (Å²) in [6, 6.07) is 4.65. The summed E-state index contributed by atoms with van der Waals surface area (Å²) < 4.78 is 58.5. The number of sulfonamides is 1. The Hall–Kier alpha value is -1.71. The minimum Gasteiger partial charge on any atom is -0.465 e. The normalized spacial score (nSPS) is 11.2. The molecule has 2 aromatic rings. The molecule has 0 atom stereocenters. The monoisotopic (exact) mass is 439 g/mol. The Balaban J connectivity index is 2.53. The summed E-state index contributed by atoms with van der Waals surface area (Å²) in [5.74, 6) is -2.71. The van der Waals surface area contributed by atoms with Crippen molar-refractivity contribution in [2.24, 2.45) is 0 Å². The highest BCUT2D eigenvalue weighted by Crippen LogP contribution is 2.29. The van der Waals surface area contributed by atoms with Gasteiger partial charge in [-0.25, -0.2) is 22.0 Å². The van der Waals surface area contributed by atoms with Crippen LogP contribution in [0.1, 0.15) is 10.4 Å². The van der Waals surface area contributed by atoms with Crippen molar-refractivity contribution in [3.8, 4) is 0 Å². The third-order valence-electron chi connectivity index (χ3n) is 2.89. The topological polar surface area (TPSA) is 72.5 Å². The summed E-state index contributed by atoms with van der Waals surface area (Å²) >= 11 is 8.74. The lowest BCUT2D eigenvalue weighted by Crippen LogP contribution is -2.16. The molecule has 0 radical (unpaired) electrons. The molecule has 0 bridgehead atoms. The standard InChI is InChI=1S/C14H9BrClF2NO4S/c1-23-14(20)8-5-13(11(18)6-9(8)15)24(21,22)19-12-4-7(17)2-3-10(12)16/h2-6,19H,1H3. The summed E-state index contributed by atoms with van der Waals surface area (Å²) in [5.41, 5.74) is -0.455. The van der Waals surface area contributed by atoms with Gasteiger partial charge in [0.05, 0.1) is 23.4 Å². The molecular formula is C14H9BrClF2NO4S. The highest BCUT2D eigenvalue weighted by atomic mass is 79.9. The molecule has 2 rings (SSSR count). The predicted octanol–water partition coefficient (Wildman–Crippen LogP) is 3.97. The van der Waals surface area contributed by atoms with Crippen LogP contribution in [0.3, 0.4) is 0 Å². The molecule has 0 unspecified atom stereocenters. The molecule has 0 saturated heterocycles. The van der Waals surface area contributed by atoms with Crippen molar-refractivity contribution in [3.05, 3.63) is 57.0 Å². The first kappa shape index (κ1) is 18.6. The molecule has 10 heteroatoms. The maximum absolute atomic E-state index is 14.1. The van der Waals surface area contributed by atoms with Gasteiger partial charge in [0.15, 0.2) is 0 Å². The van der Waals surface area contributed by atoms with Gasteiger partial charge >= 0.3 is 5.97 Å². The smallest absolute Gasteiger partial charge is 0.339 e. The van der Waals surface area contributed by atoms with Crippen LogP contribution in [-0.2, 0) is 14.8 Å². The zero-order valence-electron chi connectivity index (χ0n) is 11.9. The van der Waals surface area contributed by atoms with Gasteiger partial charge in [-0.05, 0) is 46.3 Å². The first-order valence-corrected chi connectivity index (χ1v) is 8.86. The van der Waals surface area contributed by atoms with Crippen molar-refractivity contribution in [1.82, 2.24) is 0 Å². The van der Waals surface area contributed by atoms with E-state index in [4.69, 9.17) is 11.6 Å². The van der Waals surface area contributed by atoms with E-state index in [2.05, 4.69) is 20.7 Å². The second-order valence-electron chi connectivity index (χ2n) is 4.48. The molecule has 128 valence electrons. The van der Waals surface area contributed by atoms with Crippen molar-refractivity contribution in [1.29, 1.82) is 0 Å². The average Bonchev–Trinajstić information content (AvgIpc) is 2.49. The van der Waals surface area contributed by atoms with Gasteiger partial charge in [-0.15, -0.1) is 0 Å². The number of hydrogen-bond acceptors (Lipinski definition) is 4. The number of carbonyl (C=O) groups excluding carboxylic acids is 1. The first-order valence-electron chi connectivity index (χ1n) is 6.21. The van der Waals surface area contributed by atoms with Crippen molar-refractivity contribution in [2.45, 2.75) is 4.90 Å². The minimum absolute atomic E-state index is 0.0228. The Labute approximate surface area is 149 Å². The lowest BCUT2D eigenvalue weighted by atomic mass is 10.2. The fraction of sp³-hybridized carbons (Fsp3) is 0.0714. The van der Waals surface area contributed by atoms with E-state index in [1.807, 2.05) is 4.72 Å². The molecule has 5 nitrogen and oxygen atoms in total. The summed E-state index contributed by atoms with van der Waals surface area (Å²) in [5, 5.41) is -0.0781. The number of carbonyl (C=O) groups is 1. The van der Waals surface area contributed by atoms with Crippen LogP contribution in [0, 0.1) is 11.6 Å². The van der Waals surface area contributed by atoms with Crippen LogP contribution >= 0.6 is 27.5 Å². The summed E-state index contributed by atoms with van der Waals surface area (Å²) in [6.07, 6.45) is 0. The minimum atomic E-state index is -4.47. The lowest BCUT2D eigenvalue weighted by molar-refractivity contribution is 0.0599. The van der Waals surface area contributed by atoms with Crippen LogP contribution in [0.15, 0.2) is 39.7 Å². The number of ether oxygens (including phenoxy) is 1. The maximum atomic E-state index is 14.1. The molecule has 1 N–H and O–H groups in total. The molecule has 0 heterocycles. The molecule has 0 aliphatic heterocycles. The number of anilines is 1. The third-order valence-corrected chi connectivity index (χ3v) is 5.26. The Kier molecular flexibility index (Phi) is 5.46. The second-order valence-corrected chi connectivity index (χ2v) is 7.40. The summed E-state index contributed by atoms with van der Waals surface area (Å²) in [7, 11) is -3.37. The van der Waals surface area contributed by atoms with Crippen molar-refractivity contribution in [3.63, 3.8) is 0 Å². The average molecular weight is 441 g/mol. The predicted molar refractivity (Wildman–Crippen MR) is 87.7 cm³/mol. The fourth-order valence-corrected chi connectivity index (χ4v) is 3.63. The number of hydrogen-bond donors (Lipinski definition) is 1. The van der Waals surface area contributed by atoms with Crippen LogP contribution in [0.25, 0.3) is 0 Å². The SMILES string of the molecule is COC(=O)c1cc(S(=O)(=O)Nc2cc(F)ccc2Cl)c(F)cc1Br. The molecular weight excluding hydrogens is 432 g/mol. The molecule has 2 aromatic carbocycles. The highest BCUT2D eigenvalue weighted by Gasteiger charge is 2.24. The number of halogens is 4. The van der Waals surface area contributed by atoms with Gasteiger partial charge in [-0.2, -0.15) is 0 Å². The van der Waals surface area contributed by atoms with Gasteiger partial charge in [0.1, 0.15) is 16.5 Å². The van der Waals surface area contributed by atoms with E-state index in [0.29, 0.717) is 0 Å². The van der Waals surface area contributed by atoms with Gasteiger partial charge in [0.2, 0.25) is 0 Å². The summed E-state index contributed by atoms with van der Waals surface area (Å²) in [4.78, 5) is 10.8. The largest absolute Gasteiger partial charge is 0.465 e. The molecule has 0 fully saturated rings. The molecule has 0 aromatic heterocycles. The Morgan fingerprint density at radius 2 is 1.92 bits per heavy atom. The number of benzene rings is 2. The zero-order valence-corrected chi connectivity index (χ0v) is 15.1. The van der Waals surface area contributed by atoms with E-state index >= 15 is 0 Å². The zero-order chi connectivity index (χ0) is 18.1. The molecule has 0 aliphatic carbocycles. The van der Waals surface area contributed by atoms with E-state index in [-0.39, 0.29) is 20.7 Å². The highest BCUT2D eigenvalue weighted by molar-refractivity contribution is 9.10. The van der Waals surface area contributed by atoms with Crippen LogP contribution in [0.5, 0.6) is 0 Å². The van der Waals surface area contributed by atoms with E-state index in [1.54, 1.807) is 0 Å². The quantitative estimate of drug-likeness (QED) is 0.730. The van der Waals surface area contributed by atoms with E-state index < -0.39 is 32.5 Å². The van der Waals surface area contributed by atoms with Crippen molar-refractivity contribution in [2.75, 3.05) is 11.8 Å². The first-order chi connectivity index (χ1) is 11.2. The van der Waals surface area contributed by atoms with Crippen LogP contribution < -0.4 is 4.72 Å². The van der Waals surface area contributed by atoms with Crippen molar-refractivity contribution >= 4 is 49.2 Å². The fourth-order valence-electron chi connectivity index (χ4n) is 1.78. The number of methoxy groups -OCH3 is 1. The Morgan fingerprint density at radius 1 is 1.25 bits per heavy atom. The third kappa shape index (κ3) is 3.85. The van der Waals surface area contributed by atoms with E-state index in [0.717, 1.165) is 37.4 Å². The van der Waals surface area contributed by atoms with E-state index in [1.165, 1.54) is 0 Å². The van der Waals surface area contributed by atoms with Gasteiger partial charge < -0.3 is 4.74 Å². The number of rotatable bonds is 4. The van der Waals surface area contributed by atoms with Gasteiger partial charge in [0, 0.05) is 4.47 Å². The maximum Gasteiger partial charge on any atom is 0.339 e. The number of esters is 1. The summed E-state index contributed by atoms with van der Waals surface area (Å²) in [6.45, 7) is 0. The Bertz CT molecular complexity index is 921. The second kappa shape index (κ2) is 7.04. The van der Waals surface area contributed by atoms with Crippen molar-refractivity contribution < 1.29 is 26.7 Å². The molecule has 0 amide bonds. The van der Waals surface area contributed by atoms with Gasteiger partial charge in [-0.1, -0.05) is 11.6 Å². The molecule has 0 spiro atoms. The lowest BCUT2D eigenvalue weighted by Gasteiger charge is -2.12. The Morgan fingerprint density at radius 3 is 2.54 bits per heavy atom. The number of nitrogens with one attached hydrogen (secondary N) is 1.